The van der Waals surface area contributed by atoms with Gasteiger partial charge in [0.25, 0.3) is 0 Å². The summed E-state index contributed by atoms with van der Waals surface area (Å²) in [5.74, 6) is 0. The zero-order valence-corrected chi connectivity index (χ0v) is 8.56. The highest BCUT2D eigenvalue weighted by Crippen LogP contribution is 2.21. The molecule has 1 nitrogen and oxygen atoms in total. The lowest BCUT2D eigenvalue weighted by atomic mass is 10.8. The van der Waals surface area contributed by atoms with Gasteiger partial charge < -0.3 is 4.12 Å². The quantitative estimate of drug-likeness (QED) is 0.457. The maximum absolute atomic E-state index is 5.76. The Morgan fingerprint density at radius 3 is 1.90 bits per heavy atom. The second-order valence-electron chi connectivity index (χ2n) is 2.66. The zero-order chi connectivity index (χ0) is 7.40. The van der Waals surface area contributed by atoms with Gasteiger partial charge in [0, 0.05) is 0 Å². The van der Waals surface area contributed by atoms with Crippen LogP contribution in [0.4, 0.5) is 0 Å². The third-order valence-corrected chi connectivity index (χ3v) is 10.8. The maximum Gasteiger partial charge on any atom is 0.165 e. The van der Waals surface area contributed by atoms with Gasteiger partial charge in [-0.3, -0.25) is 0 Å². The third kappa shape index (κ3) is 1.93. The molecule has 0 aromatic rings. The molecule has 0 saturated carbocycles. The van der Waals surface area contributed by atoms with Crippen LogP contribution in [-0.2, 0) is 4.12 Å². The molecule has 10 heavy (non-hydrogen) atoms. The van der Waals surface area contributed by atoms with Gasteiger partial charge in [0.1, 0.15) is 0 Å². The van der Waals surface area contributed by atoms with Crippen LogP contribution in [0.3, 0.4) is 0 Å². The summed E-state index contributed by atoms with van der Waals surface area (Å²) in [6.07, 6.45) is 3.99. The van der Waals surface area contributed by atoms with Gasteiger partial charge in [-0.2, -0.15) is 0 Å². The van der Waals surface area contributed by atoms with Gasteiger partial charge in [0.05, 0.1) is 0 Å². The Morgan fingerprint density at radius 1 is 1.20 bits per heavy atom. The van der Waals surface area contributed by atoms with Crippen LogP contribution in [0.5, 0.6) is 0 Å². The molecule has 0 spiro atoms. The van der Waals surface area contributed by atoms with Crippen LogP contribution < -0.4 is 0 Å². The fourth-order valence-corrected chi connectivity index (χ4v) is 8.84. The van der Waals surface area contributed by atoms with Crippen LogP contribution in [0.25, 0.3) is 0 Å². The second-order valence-corrected chi connectivity index (χ2v) is 9.07. The summed E-state index contributed by atoms with van der Waals surface area (Å²) in [5, 5.41) is 0. The smallest absolute Gasteiger partial charge is 0.165 e. The van der Waals surface area contributed by atoms with E-state index in [1.165, 1.54) is 17.8 Å². The molecule has 56 valence electrons. The van der Waals surface area contributed by atoms with Crippen LogP contribution >= 0.6 is 0 Å². The zero-order valence-electron chi connectivity index (χ0n) is 6.25. The predicted molar refractivity (Wildman–Crippen MR) is 50.2 cm³/mol. The van der Waals surface area contributed by atoms with Crippen molar-refractivity contribution in [3.05, 3.63) is 25.3 Å². The van der Waals surface area contributed by atoms with E-state index in [1.54, 1.807) is 0 Å². The van der Waals surface area contributed by atoms with Crippen molar-refractivity contribution >= 4 is 18.1 Å². The van der Waals surface area contributed by atoms with E-state index in [4.69, 9.17) is 4.12 Å². The molecule has 1 heterocycles. The largest absolute Gasteiger partial charge is 0.460 e. The Morgan fingerprint density at radius 2 is 1.60 bits per heavy atom. The standard InChI is InChI=1S/C7H14OSi2/c1-3-5-9-7-10(8-9)6-4-2/h3-4,9-10H,1-2,5-7H2. The second kappa shape index (κ2) is 3.90. The average molecular weight is 170 g/mol. The lowest BCUT2D eigenvalue weighted by Gasteiger charge is -2.32. The molecule has 0 amide bonds. The molecule has 0 N–H and O–H groups in total. The molecule has 1 fully saturated rings. The lowest BCUT2D eigenvalue weighted by molar-refractivity contribution is 0.548. The van der Waals surface area contributed by atoms with Crippen LogP contribution in [0.1, 0.15) is 0 Å². The first kappa shape index (κ1) is 7.98. The first-order valence-corrected chi connectivity index (χ1v) is 7.95. The van der Waals surface area contributed by atoms with Crippen molar-refractivity contribution in [2.45, 2.75) is 17.8 Å². The number of hydrogen-bond donors (Lipinski definition) is 0. The fraction of sp³-hybridized carbons (Fsp3) is 0.429. The molecule has 1 saturated heterocycles. The Balaban J connectivity index is 2.05. The Hall–Kier alpha value is -0.126. The maximum atomic E-state index is 5.76. The topological polar surface area (TPSA) is 9.23 Å². The summed E-state index contributed by atoms with van der Waals surface area (Å²) in [7, 11) is -1.39. The monoisotopic (exact) mass is 170 g/mol. The minimum Gasteiger partial charge on any atom is -0.460 e. The van der Waals surface area contributed by atoms with E-state index in [2.05, 4.69) is 13.2 Å². The molecular weight excluding hydrogens is 156 g/mol. The summed E-state index contributed by atoms with van der Waals surface area (Å²) in [6.45, 7) is 7.41. The van der Waals surface area contributed by atoms with Crippen molar-refractivity contribution in [3.63, 3.8) is 0 Å². The summed E-state index contributed by atoms with van der Waals surface area (Å²) >= 11 is 0. The van der Waals surface area contributed by atoms with Crippen LogP contribution in [0.15, 0.2) is 25.3 Å². The van der Waals surface area contributed by atoms with Crippen LogP contribution in [-0.4, -0.2) is 18.1 Å². The van der Waals surface area contributed by atoms with Crippen molar-refractivity contribution in [2.24, 2.45) is 0 Å². The minimum absolute atomic E-state index is 0.694. The molecule has 2 unspecified atom stereocenters. The van der Waals surface area contributed by atoms with Crippen molar-refractivity contribution in [1.82, 2.24) is 0 Å². The summed E-state index contributed by atoms with van der Waals surface area (Å²) in [4.78, 5) is 0. The van der Waals surface area contributed by atoms with Gasteiger partial charge in [-0.25, -0.2) is 0 Å². The van der Waals surface area contributed by atoms with E-state index in [9.17, 15) is 0 Å². The summed E-state index contributed by atoms with van der Waals surface area (Å²) in [5.41, 5.74) is 1.46. The van der Waals surface area contributed by atoms with Crippen molar-refractivity contribution < 1.29 is 4.12 Å². The highest BCUT2D eigenvalue weighted by atomic mass is 28.4. The predicted octanol–water partition coefficient (Wildman–Crippen LogP) is 1.38. The summed E-state index contributed by atoms with van der Waals surface area (Å²) < 4.78 is 5.76. The first-order chi connectivity index (χ1) is 4.86. The molecule has 0 aromatic heterocycles. The number of hydrogen-bond acceptors (Lipinski definition) is 1. The Kier molecular flexibility index (Phi) is 3.11. The van der Waals surface area contributed by atoms with Crippen LogP contribution in [0, 0.1) is 0 Å². The minimum atomic E-state index is -0.694. The normalized spacial score (nSPS) is 30.8. The van der Waals surface area contributed by atoms with E-state index < -0.39 is 18.1 Å². The highest BCUT2D eigenvalue weighted by molar-refractivity contribution is 6.85. The number of allylic oxidation sites excluding steroid dienone is 2. The average Bonchev–Trinajstić information content (AvgIpc) is 1.84. The molecule has 1 rings (SSSR count). The Labute approximate surface area is 65.9 Å². The highest BCUT2D eigenvalue weighted by Gasteiger charge is 2.30. The molecule has 0 aromatic carbocycles. The molecule has 2 atom stereocenters. The van der Waals surface area contributed by atoms with E-state index in [1.807, 2.05) is 12.2 Å². The van der Waals surface area contributed by atoms with Gasteiger partial charge in [-0.05, 0) is 17.8 Å². The van der Waals surface area contributed by atoms with E-state index >= 15 is 0 Å². The van der Waals surface area contributed by atoms with Crippen molar-refractivity contribution in [3.8, 4) is 0 Å². The lowest BCUT2D eigenvalue weighted by Crippen LogP contribution is -2.43. The SMILES string of the molecule is C=CC[SiH]1C[SiH](CC=C)O1. The Bertz CT molecular complexity index is 116. The molecular formula is C7H14OSi2. The molecule has 1 aliphatic rings. The number of rotatable bonds is 4. The molecule has 0 bridgehead atoms. The van der Waals surface area contributed by atoms with E-state index in [0.29, 0.717) is 0 Å². The molecule has 1 aliphatic heterocycles. The van der Waals surface area contributed by atoms with Gasteiger partial charge in [0.15, 0.2) is 18.1 Å². The van der Waals surface area contributed by atoms with Gasteiger partial charge in [0.2, 0.25) is 0 Å². The molecule has 0 radical (unpaired) electrons. The first-order valence-electron chi connectivity index (χ1n) is 3.74. The van der Waals surface area contributed by atoms with Gasteiger partial charge in [-0.15, -0.1) is 13.2 Å². The van der Waals surface area contributed by atoms with E-state index in [-0.39, 0.29) is 0 Å². The van der Waals surface area contributed by atoms with Gasteiger partial charge in [-0.1, -0.05) is 12.2 Å². The fourth-order valence-electron chi connectivity index (χ4n) is 1.23. The third-order valence-electron chi connectivity index (χ3n) is 1.77. The van der Waals surface area contributed by atoms with Crippen molar-refractivity contribution in [2.75, 3.05) is 0 Å². The molecule has 3 heteroatoms. The summed E-state index contributed by atoms with van der Waals surface area (Å²) in [6, 6.07) is 2.33. The van der Waals surface area contributed by atoms with Gasteiger partial charge >= 0.3 is 0 Å². The van der Waals surface area contributed by atoms with Crippen molar-refractivity contribution in [1.29, 1.82) is 0 Å². The van der Waals surface area contributed by atoms with Crippen LogP contribution in [0.2, 0.25) is 17.8 Å². The molecule has 0 aliphatic carbocycles. The van der Waals surface area contributed by atoms with E-state index in [0.717, 1.165) is 0 Å².